The van der Waals surface area contributed by atoms with Crippen LogP contribution in [0.4, 0.5) is 4.79 Å². The van der Waals surface area contributed by atoms with Crippen LogP contribution in [0.15, 0.2) is 42.5 Å². The topological polar surface area (TPSA) is 341 Å². The number of unbranched alkanes of at least 4 members (excludes halogenated alkanes) is 1. The van der Waals surface area contributed by atoms with Gasteiger partial charge in [-0.2, -0.15) is 0 Å². The molecule has 0 spiro atoms. The molecule has 24 nitrogen and oxygen atoms in total. The molecule has 71 heavy (non-hydrogen) atoms. The largest absolute Gasteiger partial charge is 0.481 e. The highest BCUT2D eigenvalue weighted by molar-refractivity contribution is 7.13. The van der Waals surface area contributed by atoms with Crippen molar-refractivity contribution in [1.82, 2.24) is 51.2 Å². The first-order valence-electron chi connectivity index (χ1n) is 23.2. The van der Waals surface area contributed by atoms with E-state index in [1.165, 1.54) is 0 Å². The van der Waals surface area contributed by atoms with Crippen LogP contribution in [0.3, 0.4) is 0 Å². The number of aromatic nitrogens is 1. The Labute approximate surface area is 413 Å². The van der Waals surface area contributed by atoms with Crippen LogP contribution in [0.1, 0.15) is 58.0 Å². The van der Waals surface area contributed by atoms with Crippen molar-refractivity contribution in [3.63, 3.8) is 0 Å². The molecule has 4 rings (SSSR count). The van der Waals surface area contributed by atoms with Crippen molar-refractivity contribution in [2.24, 2.45) is 0 Å². The number of nitrogens with zero attached hydrogens (tertiary/aromatic N) is 5. The molecule has 3 aromatic rings. The van der Waals surface area contributed by atoms with Crippen molar-refractivity contribution in [3.8, 4) is 0 Å². The average molecular weight is 1010 g/mol. The monoisotopic (exact) mass is 1010 g/mol. The Balaban J connectivity index is 1.38. The van der Waals surface area contributed by atoms with Gasteiger partial charge in [0.05, 0.1) is 38.4 Å². The second kappa shape index (κ2) is 29.4. The van der Waals surface area contributed by atoms with Crippen LogP contribution in [-0.2, 0) is 46.5 Å². The number of fused-ring (bicyclic) bond motifs is 1. The molecule has 5 amide bonds. The predicted octanol–water partition coefficient (Wildman–Crippen LogP) is -0.0589. The Morgan fingerprint density at radius 2 is 1.17 bits per heavy atom. The summed E-state index contributed by atoms with van der Waals surface area (Å²) in [4.78, 5) is 122. The molecule has 25 heteroatoms. The van der Waals surface area contributed by atoms with Crippen molar-refractivity contribution >= 4 is 75.7 Å². The maximum atomic E-state index is 13.9. The predicted molar refractivity (Wildman–Crippen MR) is 258 cm³/mol. The fraction of sp³-hybridized carbons (Fsp3) is 0.522. The van der Waals surface area contributed by atoms with E-state index in [2.05, 4.69) is 31.6 Å². The number of rotatable bonds is 26. The van der Waals surface area contributed by atoms with Gasteiger partial charge in [-0.15, -0.1) is 11.3 Å². The van der Waals surface area contributed by atoms with Crippen LogP contribution in [0.5, 0.6) is 0 Å². The van der Waals surface area contributed by atoms with Crippen molar-refractivity contribution < 1.29 is 68.7 Å². The molecule has 2 heterocycles. The number of thiazole rings is 1. The molecule has 0 aliphatic carbocycles. The maximum absolute atomic E-state index is 13.9. The minimum Gasteiger partial charge on any atom is -0.481 e. The molecule has 0 radical (unpaired) electrons. The first kappa shape index (κ1) is 56.8. The molecule has 0 saturated carbocycles. The summed E-state index contributed by atoms with van der Waals surface area (Å²) in [6.45, 7) is 2.62. The molecule has 388 valence electrons. The summed E-state index contributed by atoms with van der Waals surface area (Å²) in [5, 5.41) is 62.5. The molecule has 10 N–H and O–H groups in total. The van der Waals surface area contributed by atoms with Crippen LogP contribution < -0.4 is 26.6 Å². The molecule has 1 aliphatic heterocycles. The number of carbonyl (C=O) groups excluding carboxylic acids is 4. The van der Waals surface area contributed by atoms with Gasteiger partial charge in [0, 0.05) is 78.3 Å². The van der Waals surface area contributed by atoms with Crippen molar-refractivity contribution in [2.75, 3.05) is 91.6 Å². The van der Waals surface area contributed by atoms with E-state index < -0.39 is 65.7 Å². The van der Waals surface area contributed by atoms with E-state index >= 15 is 0 Å². The molecule has 2 aromatic carbocycles. The first-order chi connectivity index (χ1) is 33.8. The SMILES string of the molecule is Cc1nc(CNC(=O)CN2CCN(CC(=O)O)CCN(CC(=O)O)CCN(CC(=O)O)CC2)sc1C(=O)N[C@@H](Cc1ccc2ccccc2c1)C(=O)NCCCC[C@H](NC(=O)NCCCC(=O)O)C(=O)O. The van der Waals surface area contributed by atoms with Crippen LogP contribution in [0.25, 0.3) is 10.8 Å². The van der Waals surface area contributed by atoms with Crippen molar-refractivity contribution in [1.29, 1.82) is 0 Å². The highest BCUT2D eigenvalue weighted by atomic mass is 32.1. The number of benzene rings is 2. The normalized spacial score (nSPS) is 15.3. The lowest BCUT2D eigenvalue weighted by atomic mass is 10.0. The lowest BCUT2D eigenvalue weighted by Crippen LogP contribution is -2.49. The second-order valence-corrected chi connectivity index (χ2v) is 18.2. The first-order valence-corrected chi connectivity index (χ1v) is 24.0. The maximum Gasteiger partial charge on any atom is 0.326 e. The molecule has 1 aromatic heterocycles. The van der Waals surface area contributed by atoms with E-state index in [1.54, 1.807) is 26.5 Å². The van der Waals surface area contributed by atoms with E-state index in [-0.39, 0.29) is 129 Å². The van der Waals surface area contributed by atoms with Gasteiger partial charge >= 0.3 is 35.9 Å². The van der Waals surface area contributed by atoms with Crippen LogP contribution in [0.2, 0.25) is 0 Å². The zero-order valence-electron chi connectivity index (χ0n) is 39.6. The lowest BCUT2D eigenvalue weighted by molar-refractivity contribution is -0.140. The average Bonchev–Trinajstić information content (AvgIpc) is 3.69. The smallest absolute Gasteiger partial charge is 0.326 e. The van der Waals surface area contributed by atoms with Gasteiger partial charge in [0.2, 0.25) is 11.8 Å². The highest BCUT2D eigenvalue weighted by Gasteiger charge is 2.26. The summed E-state index contributed by atoms with van der Waals surface area (Å²) in [6, 6.07) is 10.4. The summed E-state index contributed by atoms with van der Waals surface area (Å²) in [6.07, 6.45) is 0.852. The molecular weight excluding hydrogens is 949 g/mol. The van der Waals surface area contributed by atoms with Crippen molar-refractivity contribution in [3.05, 3.63) is 63.6 Å². The third-order valence-corrected chi connectivity index (χ3v) is 12.6. The Morgan fingerprint density at radius 1 is 0.620 bits per heavy atom. The Morgan fingerprint density at radius 3 is 1.72 bits per heavy atom. The van der Waals surface area contributed by atoms with Gasteiger partial charge in [-0.05, 0) is 48.9 Å². The van der Waals surface area contributed by atoms with Gasteiger partial charge in [0.15, 0.2) is 0 Å². The quantitative estimate of drug-likeness (QED) is 0.0471. The van der Waals surface area contributed by atoms with E-state index in [0.717, 1.165) is 27.7 Å². The number of aliphatic carboxylic acids is 5. The Kier molecular flexibility index (Phi) is 23.5. The van der Waals surface area contributed by atoms with E-state index in [4.69, 9.17) is 5.11 Å². The van der Waals surface area contributed by atoms with Gasteiger partial charge in [-0.25, -0.2) is 14.6 Å². The summed E-state index contributed by atoms with van der Waals surface area (Å²) in [5.74, 6) is -6.95. The molecule has 1 aliphatic rings. The summed E-state index contributed by atoms with van der Waals surface area (Å²) in [5.41, 5.74) is 1.13. The molecule has 0 unspecified atom stereocenters. The highest BCUT2D eigenvalue weighted by Crippen LogP contribution is 2.20. The van der Waals surface area contributed by atoms with E-state index in [1.807, 2.05) is 42.5 Å². The number of carbonyl (C=O) groups is 9. The molecule has 0 bridgehead atoms. The van der Waals surface area contributed by atoms with E-state index in [9.17, 15) is 63.6 Å². The van der Waals surface area contributed by atoms with Gasteiger partial charge in [-0.3, -0.25) is 53.2 Å². The number of nitrogens with one attached hydrogen (secondary N) is 5. The molecule has 1 saturated heterocycles. The minimum atomic E-state index is -1.26. The zero-order valence-corrected chi connectivity index (χ0v) is 40.4. The number of hydrogen-bond donors (Lipinski definition) is 10. The van der Waals surface area contributed by atoms with Gasteiger partial charge < -0.3 is 52.1 Å². The summed E-state index contributed by atoms with van der Waals surface area (Å²) in [7, 11) is 0. The zero-order chi connectivity index (χ0) is 51.9. The number of hydrogen-bond acceptors (Lipinski definition) is 15. The number of carboxylic acids is 5. The van der Waals surface area contributed by atoms with Gasteiger partial charge in [-0.1, -0.05) is 42.5 Å². The Bertz CT molecular complexity index is 2300. The third-order valence-electron chi connectivity index (χ3n) is 11.4. The van der Waals surface area contributed by atoms with Gasteiger partial charge in [0.25, 0.3) is 5.91 Å². The number of aryl methyl sites for hydroxylation is 1. The Hall–Kier alpha value is -6.80. The summed E-state index contributed by atoms with van der Waals surface area (Å²) < 4.78 is 0. The molecule has 1 fully saturated rings. The standard InChI is InChI=1S/C46H64N10O14S/c1-30-42(71-37(50-30)25-49-36(57)26-53-15-17-54(27-39(60)61)19-21-56(29-41(64)65)22-20-55(18-16-53)28-40(62)63)44(67)51-35(24-31-11-12-32-7-2-3-8-33(32)23-31)43(66)47-13-5-4-9-34(45(68)69)52-46(70)48-14-6-10-38(58)59/h2-3,7-8,11-12,23,34-35H,4-6,9-10,13-22,24-29H2,1H3,(H,47,66)(H,49,57)(H,51,67)(H,58,59)(H,60,61)(H,62,63)(H,64,65)(H,68,69)(H2,48,52,70)/t34-,35-/m0/s1. The fourth-order valence-electron chi connectivity index (χ4n) is 7.71. The summed E-state index contributed by atoms with van der Waals surface area (Å²) >= 11 is 1.03. The minimum absolute atomic E-state index is 0.0438. The lowest BCUT2D eigenvalue weighted by Gasteiger charge is -2.32. The van der Waals surface area contributed by atoms with Gasteiger partial charge in [0.1, 0.15) is 22.0 Å². The van der Waals surface area contributed by atoms with Crippen LogP contribution >= 0.6 is 11.3 Å². The fourth-order valence-corrected chi connectivity index (χ4v) is 8.62. The van der Waals surface area contributed by atoms with Crippen molar-refractivity contribution in [2.45, 2.75) is 64.1 Å². The van der Waals surface area contributed by atoms with Crippen LogP contribution in [0, 0.1) is 6.92 Å². The van der Waals surface area contributed by atoms with E-state index in [0.29, 0.717) is 23.5 Å². The number of amides is 5. The molecule has 2 atom stereocenters. The number of carboxylic acid groups (broad SMARTS) is 5. The molecular formula is C46H64N10O14S. The third kappa shape index (κ3) is 21.4. The second-order valence-electron chi connectivity index (χ2n) is 17.1. The van der Waals surface area contributed by atoms with Crippen LogP contribution in [-0.4, -0.2) is 207 Å². The number of urea groups is 1.